The van der Waals surface area contributed by atoms with E-state index in [2.05, 4.69) is 21.2 Å². The first kappa shape index (κ1) is 14.3. The standard InChI is InChI=1S/C12H10BrClN2O2S/c1-7-4-10(9(13)5-11(7)16(17)18)15-6-8-2-3-12(14)19-8/h2-5,15H,6H2,1H3. The van der Waals surface area contributed by atoms with E-state index in [1.165, 1.54) is 17.4 Å². The number of rotatable bonds is 4. The van der Waals surface area contributed by atoms with E-state index in [1.54, 1.807) is 13.0 Å². The number of aryl methyl sites for hydroxylation is 1. The van der Waals surface area contributed by atoms with Crippen LogP contribution in [0.4, 0.5) is 11.4 Å². The Morgan fingerprint density at radius 2 is 2.21 bits per heavy atom. The molecular weight excluding hydrogens is 352 g/mol. The number of nitro groups is 1. The van der Waals surface area contributed by atoms with Gasteiger partial charge in [-0.1, -0.05) is 11.6 Å². The Morgan fingerprint density at radius 1 is 1.47 bits per heavy atom. The fourth-order valence-electron chi connectivity index (χ4n) is 1.63. The van der Waals surface area contributed by atoms with Gasteiger partial charge in [0.15, 0.2) is 0 Å². The van der Waals surface area contributed by atoms with E-state index in [0.29, 0.717) is 16.6 Å². The second kappa shape index (κ2) is 5.90. The summed E-state index contributed by atoms with van der Waals surface area (Å²) in [5, 5.41) is 14.1. The second-order valence-corrected chi connectivity index (χ2v) is 6.59. The Kier molecular flexibility index (Phi) is 4.44. The van der Waals surface area contributed by atoms with Crippen molar-refractivity contribution in [2.24, 2.45) is 0 Å². The summed E-state index contributed by atoms with van der Waals surface area (Å²) in [6.07, 6.45) is 0. The molecule has 0 aliphatic carbocycles. The van der Waals surface area contributed by atoms with E-state index in [0.717, 1.165) is 14.9 Å². The van der Waals surface area contributed by atoms with Crippen molar-refractivity contribution in [2.45, 2.75) is 13.5 Å². The van der Waals surface area contributed by atoms with Crippen LogP contribution in [0.2, 0.25) is 4.34 Å². The Hall–Kier alpha value is -1.11. The third-order valence-electron chi connectivity index (χ3n) is 2.56. The van der Waals surface area contributed by atoms with Gasteiger partial charge in [0.05, 0.1) is 9.26 Å². The molecule has 2 rings (SSSR count). The number of nitrogens with zero attached hydrogens (tertiary/aromatic N) is 1. The Labute approximate surface area is 127 Å². The average molecular weight is 362 g/mol. The molecule has 100 valence electrons. The fraction of sp³-hybridized carbons (Fsp3) is 0.167. The van der Waals surface area contributed by atoms with Gasteiger partial charge in [-0.25, -0.2) is 0 Å². The van der Waals surface area contributed by atoms with Crippen molar-refractivity contribution in [2.75, 3.05) is 5.32 Å². The topological polar surface area (TPSA) is 55.2 Å². The van der Waals surface area contributed by atoms with Crippen molar-refractivity contribution in [3.63, 3.8) is 0 Å². The third-order valence-corrected chi connectivity index (χ3v) is 4.45. The van der Waals surface area contributed by atoms with Gasteiger partial charge in [0.2, 0.25) is 0 Å². The van der Waals surface area contributed by atoms with Crippen molar-refractivity contribution < 1.29 is 4.92 Å². The summed E-state index contributed by atoms with van der Waals surface area (Å²) < 4.78 is 1.42. The molecule has 0 bridgehead atoms. The average Bonchev–Trinajstić information content (AvgIpc) is 2.75. The zero-order valence-corrected chi connectivity index (χ0v) is 13.1. The van der Waals surface area contributed by atoms with Gasteiger partial charge in [-0.3, -0.25) is 10.1 Å². The van der Waals surface area contributed by atoms with E-state index < -0.39 is 0 Å². The van der Waals surface area contributed by atoms with Crippen LogP contribution >= 0.6 is 38.9 Å². The molecular formula is C12H10BrClN2O2S. The molecule has 0 radical (unpaired) electrons. The zero-order valence-electron chi connectivity index (χ0n) is 9.94. The highest BCUT2D eigenvalue weighted by atomic mass is 79.9. The molecule has 1 aromatic carbocycles. The Balaban J connectivity index is 2.17. The SMILES string of the molecule is Cc1cc(NCc2ccc(Cl)s2)c(Br)cc1[N+](=O)[O-]. The van der Waals surface area contributed by atoms with Gasteiger partial charge in [0, 0.05) is 33.2 Å². The van der Waals surface area contributed by atoms with Crippen LogP contribution in [0.25, 0.3) is 0 Å². The Morgan fingerprint density at radius 3 is 2.79 bits per heavy atom. The Bertz CT molecular complexity index is 630. The first-order chi connectivity index (χ1) is 8.97. The number of nitrogens with one attached hydrogen (secondary N) is 1. The summed E-state index contributed by atoms with van der Waals surface area (Å²) in [5.74, 6) is 0. The monoisotopic (exact) mass is 360 g/mol. The van der Waals surface area contributed by atoms with Gasteiger partial charge >= 0.3 is 0 Å². The minimum atomic E-state index is -0.386. The molecule has 0 fully saturated rings. The molecule has 7 heteroatoms. The molecule has 0 spiro atoms. The molecule has 0 saturated heterocycles. The predicted octanol–water partition coefficient (Wildman–Crippen LogP) is 4.99. The van der Waals surface area contributed by atoms with Crippen LogP contribution < -0.4 is 5.32 Å². The lowest BCUT2D eigenvalue weighted by Crippen LogP contribution is -2.00. The van der Waals surface area contributed by atoms with Crippen LogP contribution in [-0.2, 0) is 6.54 Å². The van der Waals surface area contributed by atoms with Crippen molar-refractivity contribution in [3.8, 4) is 0 Å². The lowest BCUT2D eigenvalue weighted by Gasteiger charge is -2.09. The normalized spacial score (nSPS) is 10.5. The lowest BCUT2D eigenvalue weighted by atomic mass is 10.2. The molecule has 19 heavy (non-hydrogen) atoms. The molecule has 0 aliphatic rings. The second-order valence-electron chi connectivity index (χ2n) is 3.94. The van der Waals surface area contributed by atoms with Gasteiger partial charge in [-0.15, -0.1) is 11.3 Å². The summed E-state index contributed by atoms with van der Waals surface area (Å²) in [6.45, 7) is 2.35. The van der Waals surface area contributed by atoms with Gasteiger partial charge < -0.3 is 5.32 Å². The summed E-state index contributed by atoms with van der Waals surface area (Å²) in [7, 11) is 0. The van der Waals surface area contributed by atoms with Crippen molar-refractivity contribution >= 4 is 50.2 Å². The molecule has 4 nitrogen and oxygen atoms in total. The maximum atomic E-state index is 10.8. The van der Waals surface area contributed by atoms with Crippen LogP contribution in [-0.4, -0.2) is 4.92 Å². The van der Waals surface area contributed by atoms with E-state index in [1.807, 2.05) is 12.1 Å². The minimum absolute atomic E-state index is 0.108. The van der Waals surface area contributed by atoms with Gasteiger partial charge in [-0.2, -0.15) is 0 Å². The largest absolute Gasteiger partial charge is 0.379 e. The number of anilines is 1. The fourth-order valence-corrected chi connectivity index (χ4v) is 3.13. The molecule has 1 aromatic heterocycles. The van der Waals surface area contributed by atoms with Gasteiger partial charge in [0.25, 0.3) is 5.69 Å². The number of benzene rings is 1. The van der Waals surface area contributed by atoms with Gasteiger partial charge in [-0.05, 0) is 41.1 Å². The van der Waals surface area contributed by atoms with E-state index in [-0.39, 0.29) is 10.6 Å². The lowest BCUT2D eigenvalue weighted by molar-refractivity contribution is -0.385. The van der Waals surface area contributed by atoms with Crippen LogP contribution in [0.1, 0.15) is 10.4 Å². The highest BCUT2D eigenvalue weighted by molar-refractivity contribution is 9.10. The van der Waals surface area contributed by atoms with Crippen molar-refractivity contribution in [1.29, 1.82) is 0 Å². The van der Waals surface area contributed by atoms with E-state index >= 15 is 0 Å². The first-order valence-electron chi connectivity index (χ1n) is 5.40. The molecule has 0 unspecified atom stereocenters. The van der Waals surface area contributed by atoms with Crippen molar-refractivity contribution in [3.05, 3.63) is 53.6 Å². The molecule has 1 N–H and O–H groups in total. The number of hydrogen-bond acceptors (Lipinski definition) is 4. The highest BCUT2D eigenvalue weighted by Gasteiger charge is 2.14. The summed E-state index contributed by atoms with van der Waals surface area (Å²) in [5.41, 5.74) is 1.56. The van der Waals surface area contributed by atoms with Crippen LogP contribution in [0.3, 0.4) is 0 Å². The summed E-state index contributed by atoms with van der Waals surface area (Å²) >= 11 is 10.7. The molecule has 1 heterocycles. The minimum Gasteiger partial charge on any atom is -0.379 e. The quantitative estimate of drug-likeness (QED) is 0.616. The predicted molar refractivity (Wildman–Crippen MR) is 82.2 cm³/mol. The highest BCUT2D eigenvalue weighted by Crippen LogP contribution is 2.31. The smallest absolute Gasteiger partial charge is 0.273 e. The molecule has 0 atom stereocenters. The summed E-state index contributed by atoms with van der Waals surface area (Å²) in [4.78, 5) is 11.5. The first-order valence-corrected chi connectivity index (χ1v) is 7.38. The van der Waals surface area contributed by atoms with Crippen LogP contribution in [0.5, 0.6) is 0 Å². The number of thiophene rings is 1. The number of nitro benzene ring substituents is 1. The van der Waals surface area contributed by atoms with E-state index in [9.17, 15) is 10.1 Å². The maximum Gasteiger partial charge on any atom is 0.273 e. The molecule has 0 saturated carbocycles. The number of halogens is 2. The molecule has 2 aromatic rings. The van der Waals surface area contributed by atoms with E-state index in [4.69, 9.17) is 11.6 Å². The molecule has 0 aliphatic heterocycles. The zero-order chi connectivity index (χ0) is 14.0. The number of hydrogen-bond donors (Lipinski definition) is 1. The third kappa shape index (κ3) is 3.46. The maximum absolute atomic E-state index is 10.8. The summed E-state index contributed by atoms with van der Waals surface area (Å²) in [6, 6.07) is 7.07. The van der Waals surface area contributed by atoms with Crippen molar-refractivity contribution in [1.82, 2.24) is 0 Å². The van der Waals surface area contributed by atoms with Crippen LogP contribution in [0, 0.1) is 17.0 Å². The van der Waals surface area contributed by atoms with Crippen LogP contribution in [0.15, 0.2) is 28.7 Å². The molecule has 0 amide bonds. The van der Waals surface area contributed by atoms with Gasteiger partial charge in [0.1, 0.15) is 0 Å².